The molecule has 0 radical (unpaired) electrons. The van der Waals surface area contributed by atoms with E-state index in [1.165, 1.54) is 6.92 Å². The van der Waals surface area contributed by atoms with Gasteiger partial charge in [-0.05, 0) is 24.6 Å². The van der Waals surface area contributed by atoms with Gasteiger partial charge in [0.15, 0.2) is 11.6 Å². The van der Waals surface area contributed by atoms with E-state index in [2.05, 4.69) is 0 Å². The molecule has 0 saturated heterocycles. The molecule has 0 unspecified atom stereocenters. The maximum absolute atomic E-state index is 12.7. The average molecular weight is 205 g/mol. The van der Waals surface area contributed by atoms with E-state index in [4.69, 9.17) is 11.6 Å². The first-order valence-electron chi connectivity index (χ1n) is 3.63. The number of carbonyl (C=O) groups excluding carboxylic acids is 1. The first-order chi connectivity index (χ1) is 6.00. The van der Waals surface area contributed by atoms with Crippen molar-refractivity contribution < 1.29 is 13.6 Å². The largest absolute Gasteiger partial charge is 0.300 e. The van der Waals surface area contributed by atoms with Crippen LogP contribution in [0.4, 0.5) is 8.78 Å². The SMILES string of the molecule is CC(=O)Cc1cc(F)c(F)cc1Cl. The summed E-state index contributed by atoms with van der Waals surface area (Å²) < 4.78 is 25.2. The van der Waals surface area contributed by atoms with Gasteiger partial charge in [0.2, 0.25) is 0 Å². The smallest absolute Gasteiger partial charge is 0.160 e. The van der Waals surface area contributed by atoms with Crippen molar-refractivity contribution >= 4 is 17.4 Å². The van der Waals surface area contributed by atoms with Crippen molar-refractivity contribution in [2.24, 2.45) is 0 Å². The molecule has 0 aliphatic heterocycles. The van der Waals surface area contributed by atoms with Crippen LogP contribution in [0.1, 0.15) is 12.5 Å². The Kier molecular flexibility index (Phi) is 2.98. The number of rotatable bonds is 2. The van der Waals surface area contributed by atoms with E-state index >= 15 is 0 Å². The molecule has 0 aliphatic rings. The molecule has 4 heteroatoms. The van der Waals surface area contributed by atoms with E-state index in [1.807, 2.05) is 0 Å². The monoisotopic (exact) mass is 204 g/mol. The molecule has 0 fully saturated rings. The van der Waals surface area contributed by atoms with Gasteiger partial charge in [0.25, 0.3) is 0 Å². The predicted molar refractivity (Wildman–Crippen MR) is 45.8 cm³/mol. The van der Waals surface area contributed by atoms with Crippen LogP contribution >= 0.6 is 11.6 Å². The van der Waals surface area contributed by atoms with Crippen molar-refractivity contribution in [3.8, 4) is 0 Å². The zero-order valence-corrected chi connectivity index (χ0v) is 7.66. The minimum atomic E-state index is -1.00. The highest BCUT2D eigenvalue weighted by molar-refractivity contribution is 6.31. The second-order valence-corrected chi connectivity index (χ2v) is 3.14. The second kappa shape index (κ2) is 3.83. The fourth-order valence-electron chi connectivity index (χ4n) is 0.967. The number of carbonyl (C=O) groups is 1. The van der Waals surface area contributed by atoms with Crippen molar-refractivity contribution in [2.75, 3.05) is 0 Å². The van der Waals surface area contributed by atoms with Crippen LogP contribution in [-0.4, -0.2) is 5.78 Å². The van der Waals surface area contributed by atoms with Crippen LogP contribution < -0.4 is 0 Å². The first-order valence-corrected chi connectivity index (χ1v) is 4.01. The molecule has 0 saturated carbocycles. The minimum Gasteiger partial charge on any atom is -0.300 e. The summed E-state index contributed by atoms with van der Waals surface area (Å²) in [6.07, 6.45) is 0.0238. The van der Waals surface area contributed by atoms with Crippen LogP contribution in [0.5, 0.6) is 0 Å². The molecule has 0 aliphatic carbocycles. The van der Waals surface area contributed by atoms with Crippen molar-refractivity contribution in [2.45, 2.75) is 13.3 Å². The fourth-order valence-corrected chi connectivity index (χ4v) is 1.18. The number of ketones is 1. The molecule has 0 aromatic heterocycles. The van der Waals surface area contributed by atoms with Crippen molar-refractivity contribution in [1.29, 1.82) is 0 Å². The molecule has 1 aromatic carbocycles. The Morgan fingerprint density at radius 1 is 1.38 bits per heavy atom. The van der Waals surface area contributed by atoms with Gasteiger partial charge in [0.05, 0.1) is 0 Å². The van der Waals surface area contributed by atoms with Crippen molar-refractivity contribution in [1.82, 2.24) is 0 Å². The Labute approximate surface area is 79.3 Å². The summed E-state index contributed by atoms with van der Waals surface area (Å²) in [4.78, 5) is 10.7. The lowest BCUT2D eigenvalue weighted by atomic mass is 10.1. The van der Waals surface area contributed by atoms with E-state index in [-0.39, 0.29) is 17.2 Å². The molecule has 0 bridgehead atoms. The van der Waals surface area contributed by atoms with Crippen LogP contribution in [-0.2, 0) is 11.2 Å². The summed E-state index contributed by atoms with van der Waals surface area (Å²) in [6, 6.07) is 1.81. The molecule has 13 heavy (non-hydrogen) atoms. The van der Waals surface area contributed by atoms with Crippen LogP contribution in [0, 0.1) is 11.6 Å². The Morgan fingerprint density at radius 2 is 1.92 bits per heavy atom. The first kappa shape index (κ1) is 10.1. The summed E-state index contributed by atoms with van der Waals surface area (Å²) in [6.45, 7) is 1.36. The normalized spacial score (nSPS) is 10.2. The van der Waals surface area contributed by atoms with Gasteiger partial charge in [-0.25, -0.2) is 8.78 Å². The summed E-state index contributed by atoms with van der Waals surface area (Å²) in [5.41, 5.74) is 0.313. The number of halogens is 3. The van der Waals surface area contributed by atoms with E-state index in [9.17, 15) is 13.6 Å². The Balaban J connectivity index is 3.08. The molecule has 0 spiro atoms. The van der Waals surface area contributed by atoms with Crippen LogP contribution in [0.25, 0.3) is 0 Å². The Morgan fingerprint density at radius 3 is 2.46 bits per heavy atom. The summed E-state index contributed by atoms with van der Waals surface area (Å²) >= 11 is 5.59. The number of benzene rings is 1. The van der Waals surface area contributed by atoms with Gasteiger partial charge >= 0.3 is 0 Å². The second-order valence-electron chi connectivity index (χ2n) is 2.74. The molecular formula is C9H7ClF2O. The quantitative estimate of drug-likeness (QED) is 0.677. The Bertz CT molecular complexity index is 350. The van der Waals surface area contributed by atoms with Gasteiger partial charge in [0, 0.05) is 11.4 Å². The van der Waals surface area contributed by atoms with Crippen molar-refractivity contribution in [3.63, 3.8) is 0 Å². The van der Waals surface area contributed by atoms with Crippen LogP contribution in [0.15, 0.2) is 12.1 Å². The lowest BCUT2D eigenvalue weighted by Gasteiger charge is -2.02. The number of Topliss-reactive ketones (excluding diaryl/α,β-unsaturated/α-hetero) is 1. The van der Waals surface area contributed by atoms with Gasteiger partial charge in [-0.15, -0.1) is 0 Å². The maximum Gasteiger partial charge on any atom is 0.160 e. The molecule has 0 N–H and O–H groups in total. The molecule has 1 rings (SSSR count). The van der Waals surface area contributed by atoms with E-state index in [1.54, 1.807) is 0 Å². The minimum absolute atomic E-state index is 0.0238. The fraction of sp³-hybridized carbons (Fsp3) is 0.222. The number of hydrogen-bond donors (Lipinski definition) is 0. The third kappa shape index (κ3) is 2.49. The Hall–Kier alpha value is -0.960. The molecule has 0 heterocycles. The van der Waals surface area contributed by atoms with Gasteiger partial charge < -0.3 is 0 Å². The third-order valence-corrected chi connectivity index (χ3v) is 1.88. The van der Waals surface area contributed by atoms with E-state index in [0.717, 1.165) is 12.1 Å². The molecule has 0 atom stereocenters. The third-order valence-electron chi connectivity index (χ3n) is 1.53. The molecular weight excluding hydrogens is 198 g/mol. The maximum atomic E-state index is 12.7. The van der Waals surface area contributed by atoms with Gasteiger partial charge in [-0.3, -0.25) is 4.79 Å². The summed E-state index contributed by atoms with van der Waals surface area (Å²) in [5, 5.41) is 0.0779. The highest BCUT2D eigenvalue weighted by Gasteiger charge is 2.09. The van der Waals surface area contributed by atoms with Gasteiger partial charge in [-0.1, -0.05) is 11.6 Å². The lowest BCUT2D eigenvalue weighted by molar-refractivity contribution is -0.116. The molecule has 1 aromatic rings. The zero-order valence-electron chi connectivity index (χ0n) is 6.90. The van der Waals surface area contributed by atoms with Crippen molar-refractivity contribution in [3.05, 3.63) is 34.4 Å². The van der Waals surface area contributed by atoms with E-state index in [0.29, 0.717) is 5.56 Å². The molecule has 0 amide bonds. The van der Waals surface area contributed by atoms with Crippen LogP contribution in [0.2, 0.25) is 5.02 Å². The summed E-state index contributed by atoms with van der Waals surface area (Å²) in [7, 11) is 0. The topological polar surface area (TPSA) is 17.1 Å². The summed E-state index contributed by atoms with van der Waals surface area (Å²) in [5.74, 6) is -2.13. The highest BCUT2D eigenvalue weighted by atomic mass is 35.5. The predicted octanol–water partition coefficient (Wildman–Crippen LogP) is 2.75. The highest BCUT2D eigenvalue weighted by Crippen LogP contribution is 2.20. The van der Waals surface area contributed by atoms with Gasteiger partial charge in [-0.2, -0.15) is 0 Å². The van der Waals surface area contributed by atoms with Crippen LogP contribution in [0.3, 0.4) is 0 Å². The standard InChI is InChI=1S/C9H7ClF2O/c1-5(13)2-6-3-8(11)9(12)4-7(6)10/h3-4H,2H2,1H3. The lowest BCUT2D eigenvalue weighted by Crippen LogP contribution is -1.99. The number of hydrogen-bond acceptors (Lipinski definition) is 1. The van der Waals surface area contributed by atoms with E-state index < -0.39 is 11.6 Å². The average Bonchev–Trinajstić information content (AvgIpc) is 1.99. The molecule has 1 nitrogen and oxygen atoms in total. The van der Waals surface area contributed by atoms with Gasteiger partial charge in [0.1, 0.15) is 5.78 Å². The zero-order chi connectivity index (χ0) is 10.0. The molecule has 70 valence electrons.